The smallest absolute Gasteiger partial charge is 0.258 e. The molecule has 0 bridgehead atoms. The first-order valence-electron chi connectivity index (χ1n) is 7.06. The van der Waals surface area contributed by atoms with Gasteiger partial charge in [-0.3, -0.25) is 20.2 Å². The Morgan fingerprint density at radius 2 is 1.62 bits per heavy atom. The zero-order valence-corrected chi connectivity index (χ0v) is 12.0. The van der Waals surface area contributed by atoms with Gasteiger partial charge in [0, 0.05) is 12.1 Å². The van der Waals surface area contributed by atoms with Gasteiger partial charge in [0.15, 0.2) is 0 Å². The van der Waals surface area contributed by atoms with Gasteiger partial charge in [0.25, 0.3) is 0 Å². The molecule has 0 aliphatic carbocycles. The van der Waals surface area contributed by atoms with E-state index in [2.05, 4.69) is 6.92 Å². The summed E-state index contributed by atoms with van der Waals surface area (Å²) in [5.74, 6) is 0. The van der Waals surface area contributed by atoms with Crippen LogP contribution < -0.4 is 0 Å². The van der Waals surface area contributed by atoms with Crippen molar-refractivity contribution in [3.05, 3.63) is 44.0 Å². The minimum absolute atomic E-state index is 0.239. The lowest BCUT2D eigenvalue weighted by molar-refractivity contribution is -0.422. The summed E-state index contributed by atoms with van der Waals surface area (Å²) in [6, 6.07) is 3.38. The van der Waals surface area contributed by atoms with E-state index in [0.29, 0.717) is 6.42 Å². The highest BCUT2D eigenvalue weighted by Crippen LogP contribution is 2.31. The van der Waals surface area contributed by atoms with Gasteiger partial charge in [-0.2, -0.15) is 0 Å². The number of rotatable bonds is 9. The van der Waals surface area contributed by atoms with E-state index in [4.69, 9.17) is 0 Å². The van der Waals surface area contributed by atoms with E-state index < -0.39 is 27.3 Å². The van der Waals surface area contributed by atoms with E-state index in [1.165, 1.54) is 6.07 Å². The van der Waals surface area contributed by atoms with E-state index in [9.17, 15) is 25.3 Å². The lowest BCUT2D eigenvalue weighted by Crippen LogP contribution is -2.01. The van der Waals surface area contributed by atoms with Crippen molar-refractivity contribution in [1.29, 1.82) is 0 Å². The Labute approximate surface area is 122 Å². The maximum atomic E-state index is 12.0. The number of benzene rings is 1. The SMILES string of the molecule is CCCCCCCC([O])c1ccc([N+](=O)[O-])c([N+](=O)[O-])c1. The molecule has 115 valence electrons. The van der Waals surface area contributed by atoms with Crippen LogP contribution in [0.5, 0.6) is 0 Å². The van der Waals surface area contributed by atoms with Crippen LogP contribution in [0.25, 0.3) is 0 Å². The monoisotopic (exact) mass is 295 g/mol. The number of nitro groups is 2. The number of hydrogen-bond donors (Lipinski definition) is 0. The van der Waals surface area contributed by atoms with Crippen LogP contribution in [-0.2, 0) is 5.11 Å². The van der Waals surface area contributed by atoms with Crippen molar-refractivity contribution < 1.29 is 15.0 Å². The molecule has 0 N–H and O–H groups in total. The molecule has 1 unspecified atom stereocenters. The van der Waals surface area contributed by atoms with Gasteiger partial charge in [0.05, 0.1) is 9.85 Å². The highest BCUT2D eigenvalue weighted by Gasteiger charge is 2.25. The Balaban J connectivity index is 2.72. The average Bonchev–Trinajstić information content (AvgIpc) is 2.46. The van der Waals surface area contributed by atoms with Crippen LogP contribution in [0.15, 0.2) is 18.2 Å². The second-order valence-corrected chi connectivity index (χ2v) is 4.95. The van der Waals surface area contributed by atoms with Crippen molar-refractivity contribution in [2.75, 3.05) is 0 Å². The van der Waals surface area contributed by atoms with Gasteiger partial charge in [-0.25, -0.2) is 5.11 Å². The molecule has 0 aliphatic heterocycles. The van der Waals surface area contributed by atoms with Gasteiger partial charge in [-0.1, -0.05) is 39.0 Å². The number of nitrogens with zero attached hydrogens (tertiary/aromatic N) is 2. The summed E-state index contributed by atoms with van der Waals surface area (Å²) in [6.45, 7) is 2.10. The first-order valence-corrected chi connectivity index (χ1v) is 7.06. The molecule has 0 spiro atoms. The molecule has 1 aromatic carbocycles. The van der Waals surface area contributed by atoms with Gasteiger partial charge in [0.2, 0.25) is 0 Å². The lowest BCUT2D eigenvalue weighted by Gasteiger charge is -2.08. The summed E-state index contributed by atoms with van der Waals surface area (Å²) in [6.07, 6.45) is 4.36. The predicted octanol–water partition coefficient (Wildman–Crippen LogP) is 4.34. The zero-order valence-electron chi connectivity index (χ0n) is 12.0. The maximum Gasteiger partial charge on any atom is 0.346 e. The van der Waals surface area contributed by atoms with Gasteiger partial charge in [0.1, 0.15) is 6.10 Å². The molecule has 1 atom stereocenters. The first kappa shape index (κ1) is 17.0. The van der Waals surface area contributed by atoms with Gasteiger partial charge in [-0.05, 0) is 18.1 Å². The van der Waals surface area contributed by atoms with Crippen LogP contribution in [0.1, 0.15) is 57.1 Å². The summed E-state index contributed by atoms with van der Waals surface area (Å²) < 4.78 is 0. The average molecular weight is 295 g/mol. The lowest BCUT2D eigenvalue weighted by atomic mass is 10.0. The topological polar surface area (TPSA) is 106 Å². The van der Waals surface area contributed by atoms with Gasteiger partial charge < -0.3 is 0 Å². The summed E-state index contributed by atoms with van der Waals surface area (Å²) in [5.41, 5.74) is -0.967. The Bertz CT molecular complexity index is 504. The van der Waals surface area contributed by atoms with E-state index in [-0.39, 0.29) is 5.56 Å². The molecule has 0 aliphatic rings. The molecular weight excluding hydrogens is 276 g/mol. The first-order chi connectivity index (χ1) is 9.97. The molecule has 7 nitrogen and oxygen atoms in total. The minimum Gasteiger partial charge on any atom is -0.258 e. The molecule has 0 fully saturated rings. The van der Waals surface area contributed by atoms with Crippen LogP contribution in [0, 0.1) is 20.2 Å². The fraction of sp³-hybridized carbons (Fsp3) is 0.571. The van der Waals surface area contributed by atoms with Crippen molar-refractivity contribution in [3.63, 3.8) is 0 Å². The molecule has 0 saturated carbocycles. The maximum absolute atomic E-state index is 12.0. The third kappa shape index (κ3) is 5.11. The molecule has 1 radical (unpaired) electrons. The summed E-state index contributed by atoms with van der Waals surface area (Å²) in [4.78, 5) is 19.9. The number of nitro benzene ring substituents is 2. The summed E-state index contributed by atoms with van der Waals surface area (Å²) >= 11 is 0. The quantitative estimate of drug-likeness (QED) is 0.383. The zero-order chi connectivity index (χ0) is 15.8. The van der Waals surface area contributed by atoms with Crippen LogP contribution >= 0.6 is 0 Å². The summed E-state index contributed by atoms with van der Waals surface area (Å²) in [5, 5.41) is 33.6. The van der Waals surface area contributed by atoms with Crippen molar-refractivity contribution in [3.8, 4) is 0 Å². The highest BCUT2D eigenvalue weighted by molar-refractivity contribution is 5.54. The van der Waals surface area contributed by atoms with Crippen LogP contribution in [0.2, 0.25) is 0 Å². The minimum atomic E-state index is -1.08. The van der Waals surface area contributed by atoms with Crippen LogP contribution in [0.3, 0.4) is 0 Å². The molecule has 0 amide bonds. The van der Waals surface area contributed by atoms with Crippen molar-refractivity contribution >= 4 is 11.4 Å². The molecule has 7 heteroatoms. The number of hydrogen-bond acceptors (Lipinski definition) is 4. The summed E-state index contributed by atoms with van der Waals surface area (Å²) in [7, 11) is 0. The second kappa shape index (κ2) is 8.31. The van der Waals surface area contributed by atoms with Gasteiger partial charge in [-0.15, -0.1) is 0 Å². The van der Waals surface area contributed by atoms with Crippen molar-refractivity contribution in [2.24, 2.45) is 0 Å². The fourth-order valence-corrected chi connectivity index (χ4v) is 2.14. The molecule has 0 heterocycles. The second-order valence-electron chi connectivity index (χ2n) is 4.95. The Morgan fingerprint density at radius 1 is 1.00 bits per heavy atom. The predicted molar refractivity (Wildman–Crippen MR) is 76.6 cm³/mol. The normalized spacial score (nSPS) is 12.1. The molecule has 1 aromatic rings. The molecule has 0 saturated heterocycles. The largest absolute Gasteiger partial charge is 0.346 e. The highest BCUT2D eigenvalue weighted by atomic mass is 16.6. The third-order valence-electron chi connectivity index (χ3n) is 3.33. The molecule has 1 rings (SSSR count). The molecule has 0 aromatic heterocycles. The molecule has 21 heavy (non-hydrogen) atoms. The fourth-order valence-electron chi connectivity index (χ4n) is 2.14. The third-order valence-corrected chi connectivity index (χ3v) is 3.33. The Hall–Kier alpha value is -2.02. The van der Waals surface area contributed by atoms with Gasteiger partial charge >= 0.3 is 11.4 Å². The van der Waals surface area contributed by atoms with E-state index in [1.807, 2.05) is 0 Å². The van der Waals surface area contributed by atoms with Crippen molar-refractivity contribution in [1.82, 2.24) is 0 Å². The number of unbranched alkanes of at least 4 members (excludes halogenated alkanes) is 4. The van der Waals surface area contributed by atoms with E-state index >= 15 is 0 Å². The Kier molecular flexibility index (Phi) is 6.74. The van der Waals surface area contributed by atoms with Crippen LogP contribution in [0.4, 0.5) is 11.4 Å². The van der Waals surface area contributed by atoms with E-state index in [1.54, 1.807) is 0 Å². The Morgan fingerprint density at radius 3 is 2.19 bits per heavy atom. The standard InChI is InChI=1S/C14H19N2O5/c1-2-3-4-5-6-7-14(17)11-8-9-12(15(18)19)13(10-11)16(20)21/h8-10,14H,2-7H2,1H3. The van der Waals surface area contributed by atoms with Crippen LogP contribution in [-0.4, -0.2) is 9.85 Å². The van der Waals surface area contributed by atoms with E-state index in [0.717, 1.165) is 44.2 Å². The molecular formula is C14H19N2O5. The van der Waals surface area contributed by atoms with Crippen molar-refractivity contribution in [2.45, 2.75) is 51.6 Å².